The van der Waals surface area contributed by atoms with Crippen LogP contribution in [0.25, 0.3) is 0 Å². The van der Waals surface area contributed by atoms with Gasteiger partial charge in [0.1, 0.15) is 0 Å². The number of ether oxygens (including phenoxy) is 1. The molecular formula is C14H26O. The van der Waals surface area contributed by atoms with Crippen LogP contribution in [0.1, 0.15) is 71.6 Å². The first-order valence-electron chi connectivity index (χ1n) is 6.96. The predicted octanol–water partition coefficient (Wildman–Crippen LogP) is 4.30. The van der Waals surface area contributed by atoms with E-state index in [4.69, 9.17) is 4.74 Å². The van der Waals surface area contributed by atoms with Crippen molar-refractivity contribution >= 4 is 0 Å². The maximum Gasteiger partial charge on any atom is 0.0953 e. The van der Waals surface area contributed by atoms with Crippen molar-refractivity contribution in [3.8, 4) is 0 Å². The van der Waals surface area contributed by atoms with E-state index >= 15 is 0 Å². The molecule has 1 nitrogen and oxygen atoms in total. The molecule has 0 aromatic heterocycles. The Balaban J connectivity index is 1.44. The zero-order valence-electron chi connectivity index (χ0n) is 10.4. The van der Waals surface area contributed by atoms with Gasteiger partial charge in [-0.15, -0.1) is 0 Å². The number of rotatable bonds is 8. The molecule has 1 saturated carbocycles. The monoisotopic (exact) mass is 210 g/mol. The van der Waals surface area contributed by atoms with Crippen LogP contribution in [-0.2, 0) is 4.74 Å². The second-order valence-corrected chi connectivity index (χ2v) is 5.64. The fourth-order valence-electron chi connectivity index (χ4n) is 2.78. The maximum atomic E-state index is 5.77. The van der Waals surface area contributed by atoms with Crippen LogP contribution in [0, 0.1) is 5.92 Å². The summed E-state index contributed by atoms with van der Waals surface area (Å²) in [5.74, 6) is 0.818. The van der Waals surface area contributed by atoms with Gasteiger partial charge in [0, 0.05) is 0 Å². The third-order valence-corrected chi connectivity index (χ3v) is 4.10. The van der Waals surface area contributed by atoms with Crippen molar-refractivity contribution in [1.29, 1.82) is 0 Å². The molecule has 0 amide bonds. The lowest BCUT2D eigenvalue weighted by molar-refractivity contribution is 0.308. The fraction of sp³-hybridized carbons (Fsp3) is 1.00. The molecule has 1 heteroatoms. The smallest absolute Gasteiger partial charge is 0.0953 e. The number of epoxide rings is 1. The average Bonchev–Trinajstić information content (AvgIpc) is 3.13. The van der Waals surface area contributed by atoms with Crippen molar-refractivity contribution in [2.24, 2.45) is 5.92 Å². The first-order chi connectivity index (χ1) is 7.28. The number of hydrogen-bond acceptors (Lipinski definition) is 1. The van der Waals surface area contributed by atoms with Crippen molar-refractivity contribution in [3.63, 3.8) is 0 Å². The summed E-state index contributed by atoms with van der Waals surface area (Å²) in [5.41, 5.74) is 0.432. The number of unbranched alkanes of at least 4 members (excludes halogenated alkanes) is 5. The van der Waals surface area contributed by atoms with E-state index in [0.717, 1.165) is 5.92 Å². The van der Waals surface area contributed by atoms with Gasteiger partial charge < -0.3 is 4.74 Å². The third-order valence-electron chi connectivity index (χ3n) is 4.10. The summed E-state index contributed by atoms with van der Waals surface area (Å²) in [6.07, 6.45) is 13.2. The Morgan fingerprint density at radius 3 is 2.40 bits per heavy atom. The van der Waals surface area contributed by atoms with Crippen LogP contribution in [0.2, 0.25) is 0 Å². The molecule has 88 valence electrons. The Morgan fingerprint density at radius 2 is 1.80 bits per heavy atom. The van der Waals surface area contributed by atoms with Gasteiger partial charge in [-0.2, -0.15) is 0 Å². The molecule has 1 spiro atoms. The van der Waals surface area contributed by atoms with Gasteiger partial charge >= 0.3 is 0 Å². The minimum atomic E-state index is 0.432. The van der Waals surface area contributed by atoms with Gasteiger partial charge in [-0.3, -0.25) is 0 Å². The zero-order valence-corrected chi connectivity index (χ0v) is 10.4. The SMILES string of the molecule is CCCCCCCCC(C)C1OC12CC2. The Bertz CT molecular complexity index is 196. The summed E-state index contributed by atoms with van der Waals surface area (Å²) in [6.45, 7) is 4.66. The topological polar surface area (TPSA) is 12.5 Å². The highest BCUT2D eigenvalue weighted by molar-refractivity contribution is 5.15. The van der Waals surface area contributed by atoms with Crippen LogP contribution >= 0.6 is 0 Å². The highest BCUT2D eigenvalue weighted by atomic mass is 16.6. The third kappa shape index (κ3) is 2.96. The van der Waals surface area contributed by atoms with Crippen molar-refractivity contribution < 1.29 is 4.74 Å². The van der Waals surface area contributed by atoms with E-state index in [9.17, 15) is 0 Å². The van der Waals surface area contributed by atoms with Crippen LogP contribution in [0.5, 0.6) is 0 Å². The highest BCUT2D eigenvalue weighted by Gasteiger charge is 2.66. The summed E-state index contributed by atoms with van der Waals surface area (Å²) < 4.78 is 5.77. The summed E-state index contributed by atoms with van der Waals surface area (Å²) in [6, 6.07) is 0. The summed E-state index contributed by atoms with van der Waals surface area (Å²) in [4.78, 5) is 0. The number of hydrogen-bond donors (Lipinski definition) is 0. The highest BCUT2D eigenvalue weighted by Crippen LogP contribution is 2.60. The molecule has 0 aromatic rings. The molecule has 1 aliphatic heterocycles. The predicted molar refractivity (Wildman–Crippen MR) is 64.0 cm³/mol. The second kappa shape index (κ2) is 4.86. The van der Waals surface area contributed by atoms with Gasteiger partial charge in [0.25, 0.3) is 0 Å². The Labute approximate surface area is 94.6 Å². The van der Waals surface area contributed by atoms with Gasteiger partial charge in [-0.1, -0.05) is 52.4 Å². The lowest BCUT2D eigenvalue weighted by Crippen LogP contribution is -2.06. The summed E-state index contributed by atoms with van der Waals surface area (Å²) in [5, 5.41) is 0. The quantitative estimate of drug-likeness (QED) is 0.430. The molecule has 1 aliphatic carbocycles. The molecule has 2 atom stereocenters. The molecular weight excluding hydrogens is 184 g/mol. The molecule has 2 rings (SSSR count). The van der Waals surface area contributed by atoms with Crippen molar-refractivity contribution in [2.75, 3.05) is 0 Å². The fourth-order valence-corrected chi connectivity index (χ4v) is 2.78. The molecule has 0 N–H and O–H groups in total. The van der Waals surface area contributed by atoms with E-state index < -0.39 is 0 Å². The second-order valence-electron chi connectivity index (χ2n) is 5.64. The minimum absolute atomic E-state index is 0.432. The van der Waals surface area contributed by atoms with Crippen molar-refractivity contribution in [1.82, 2.24) is 0 Å². The molecule has 1 saturated heterocycles. The van der Waals surface area contributed by atoms with Gasteiger partial charge in [-0.05, 0) is 25.2 Å². The molecule has 2 aliphatic rings. The van der Waals surface area contributed by atoms with Gasteiger partial charge in [0.05, 0.1) is 11.7 Å². The van der Waals surface area contributed by atoms with Crippen LogP contribution < -0.4 is 0 Å². The van der Waals surface area contributed by atoms with Gasteiger partial charge in [0.15, 0.2) is 0 Å². The molecule has 0 aromatic carbocycles. The first-order valence-corrected chi connectivity index (χ1v) is 6.96. The normalized spacial score (nSPS) is 28.0. The molecule has 2 unspecified atom stereocenters. The summed E-state index contributed by atoms with van der Waals surface area (Å²) in [7, 11) is 0. The molecule has 0 bridgehead atoms. The average molecular weight is 210 g/mol. The Hall–Kier alpha value is -0.0400. The van der Waals surface area contributed by atoms with Crippen LogP contribution in [0.15, 0.2) is 0 Å². The molecule has 15 heavy (non-hydrogen) atoms. The largest absolute Gasteiger partial charge is 0.366 e. The van der Waals surface area contributed by atoms with E-state index in [2.05, 4.69) is 13.8 Å². The lowest BCUT2D eigenvalue weighted by Gasteiger charge is -2.07. The van der Waals surface area contributed by atoms with E-state index in [1.165, 1.54) is 57.8 Å². The van der Waals surface area contributed by atoms with E-state index in [1.807, 2.05) is 0 Å². The van der Waals surface area contributed by atoms with Crippen molar-refractivity contribution in [3.05, 3.63) is 0 Å². The van der Waals surface area contributed by atoms with Gasteiger partial charge in [-0.25, -0.2) is 0 Å². The maximum absolute atomic E-state index is 5.77. The standard InChI is InChI=1S/C14H26O/c1-3-4-5-6-7-8-9-12(2)13-14(15-13)10-11-14/h12-13H,3-11H2,1-2H3. The Morgan fingerprint density at radius 1 is 1.13 bits per heavy atom. The van der Waals surface area contributed by atoms with Crippen LogP contribution in [0.3, 0.4) is 0 Å². The first kappa shape index (κ1) is 11.4. The minimum Gasteiger partial charge on any atom is -0.366 e. The van der Waals surface area contributed by atoms with E-state index in [-0.39, 0.29) is 0 Å². The van der Waals surface area contributed by atoms with E-state index in [0.29, 0.717) is 11.7 Å². The van der Waals surface area contributed by atoms with Crippen LogP contribution in [0.4, 0.5) is 0 Å². The molecule has 2 fully saturated rings. The molecule has 0 radical (unpaired) electrons. The zero-order chi connectivity index (χ0) is 10.7. The summed E-state index contributed by atoms with van der Waals surface area (Å²) >= 11 is 0. The van der Waals surface area contributed by atoms with E-state index in [1.54, 1.807) is 0 Å². The lowest BCUT2D eigenvalue weighted by atomic mass is 9.97. The van der Waals surface area contributed by atoms with Crippen LogP contribution in [-0.4, -0.2) is 11.7 Å². The Kier molecular flexibility index (Phi) is 3.71. The molecule has 1 heterocycles. The van der Waals surface area contributed by atoms with Gasteiger partial charge in [0.2, 0.25) is 0 Å². The van der Waals surface area contributed by atoms with Crippen molar-refractivity contribution in [2.45, 2.75) is 83.3 Å².